The van der Waals surface area contributed by atoms with E-state index in [0.29, 0.717) is 11.4 Å². The van der Waals surface area contributed by atoms with Crippen LogP contribution in [-0.4, -0.2) is 51.8 Å². The Hall–Kier alpha value is -1.46. The van der Waals surface area contributed by atoms with Crippen LogP contribution >= 0.6 is 0 Å². The summed E-state index contributed by atoms with van der Waals surface area (Å²) in [5, 5.41) is 13.8. The molecule has 138 valence electrons. The van der Waals surface area contributed by atoms with Crippen LogP contribution in [0.15, 0.2) is 29.6 Å². The fraction of sp³-hybridized carbons (Fsp3) is 0.700. The number of aliphatic hydroxyl groups is 1. The first-order valence-electron chi connectivity index (χ1n) is 9.59. The first kappa shape index (κ1) is 18.3. The minimum Gasteiger partial charge on any atom is -0.390 e. The number of rotatable bonds is 5. The molecule has 1 aliphatic heterocycles. The second kappa shape index (κ2) is 7.83. The van der Waals surface area contributed by atoms with Crippen LogP contribution in [0.4, 0.5) is 5.95 Å². The standard InChI is InChI=1S/C20H32N4O/c1-15-6-4-9-20(2,3)16(15)7-12-24-13-8-17(18(25)14-24)23-19-21-10-5-11-22-19/h5,10-11,17-18,25H,4,6-9,12-14H2,1-3H3,(H,21,22,23)/t17-,18-/m1/s1. The summed E-state index contributed by atoms with van der Waals surface area (Å²) in [6.45, 7) is 9.85. The molecule has 0 saturated carbocycles. The number of anilines is 1. The molecular weight excluding hydrogens is 312 g/mol. The molecule has 0 amide bonds. The quantitative estimate of drug-likeness (QED) is 0.803. The van der Waals surface area contributed by atoms with E-state index in [1.165, 1.54) is 19.3 Å². The van der Waals surface area contributed by atoms with E-state index in [2.05, 4.69) is 41.0 Å². The molecule has 2 aliphatic rings. The van der Waals surface area contributed by atoms with Crippen molar-refractivity contribution < 1.29 is 5.11 Å². The largest absolute Gasteiger partial charge is 0.390 e. The maximum Gasteiger partial charge on any atom is 0.222 e. The lowest BCUT2D eigenvalue weighted by Crippen LogP contribution is -2.50. The molecule has 2 atom stereocenters. The summed E-state index contributed by atoms with van der Waals surface area (Å²) in [5.74, 6) is 0.602. The van der Waals surface area contributed by atoms with E-state index >= 15 is 0 Å². The zero-order valence-electron chi connectivity index (χ0n) is 15.8. The van der Waals surface area contributed by atoms with Crippen molar-refractivity contribution in [3.8, 4) is 0 Å². The van der Waals surface area contributed by atoms with Gasteiger partial charge in [0.05, 0.1) is 12.1 Å². The molecule has 1 aromatic rings. The summed E-state index contributed by atoms with van der Waals surface area (Å²) in [4.78, 5) is 10.8. The van der Waals surface area contributed by atoms with Crippen LogP contribution < -0.4 is 5.32 Å². The summed E-state index contributed by atoms with van der Waals surface area (Å²) >= 11 is 0. The highest BCUT2D eigenvalue weighted by Gasteiger charge is 2.31. The van der Waals surface area contributed by atoms with E-state index in [-0.39, 0.29) is 12.1 Å². The highest BCUT2D eigenvalue weighted by molar-refractivity contribution is 5.25. The molecule has 0 bridgehead atoms. The average molecular weight is 345 g/mol. The zero-order valence-corrected chi connectivity index (χ0v) is 15.8. The number of aromatic nitrogens is 2. The SMILES string of the molecule is CC1=C(CCN2CC[C@@H](Nc3ncccn3)[C@H](O)C2)C(C)(C)CCC1. The number of hydrogen-bond donors (Lipinski definition) is 2. The maximum absolute atomic E-state index is 10.5. The lowest BCUT2D eigenvalue weighted by Gasteiger charge is -2.39. The molecular formula is C20H32N4O. The Morgan fingerprint density at radius 1 is 1.32 bits per heavy atom. The Morgan fingerprint density at radius 2 is 2.08 bits per heavy atom. The van der Waals surface area contributed by atoms with E-state index in [0.717, 1.165) is 32.5 Å². The number of likely N-dealkylation sites (tertiary alicyclic amines) is 1. The van der Waals surface area contributed by atoms with Crippen molar-refractivity contribution in [2.45, 2.75) is 65.0 Å². The van der Waals surface area contributed by atoms with Gasteiger partial charge in [0.1, 0.15) is 0 Å². The smallest absolute Gasteiger partial charge is 0.222 e. The third-order valence-electron chi connectivity index (χ3n) is 5.91. The van der Waals surface area contributed by atoms with Gasteiger partial charge in [0.25, 0.3) is 0 Å². The minimum atomic E-state index is -0.382. The summed E-state index contributed by atoms with van der Waals surface area (Å²) < 4.78 is 0. The van der Waals surface area contributed by atoms with Crippen molar-refractivity contribution in [2.24, 2.45) is 5.41 Å². The monoisotopic (exact) mass is 344 g/mol. The molecule has 1 fully saturated rings. The van der Waals surface area contributed by atoms with E-state index in [4.69, 9.17) is 0 Å². The lowest BCUT2D eigenvalue weighted by molar-refractivity contribution is 0.0595. The van der Waals surface area contributed by atoms with Gasteiger partial charge in [0.15, 0.2) is 0 Å². The number of nitrogens with one attached hydrogen (secondary N) is 1. The van der Waals surface area contributed by atoms with Gasteiger partial charge in [-0.1, -0.05) is 25.0 Å². The molecule has 5 heteroatoms. The fourth-order valence-corrected chi connectivity index (χ4v) is 4.40. The molecule has 5 nitrogen and oxygen atoms in total. The van der Waals surface area contributed by atoms with Gasteiger partial charge in [-0.3, -0.25) is 0 Å². The Balaban J connectivity index is 1.51. The highest BCUT2D eigenvalue weighted by Crippen LogP contribution is 2.41. The third kappa shape index (κ3) is 4.59. The van der Waals surface area contributed by atoms with Crippen molar-refractivity contribution in [1.29, 1.82) is 0 Å². The summed E-state index contributed by atoms with van der Waals surface area (Å²) in [7, 11) is 0. The van der Waals surface area contributed by atoms with Crippen molar-refractivity contribution in [3.05, 3.63) is 29.6 Å². The summed E-state index contributed by atoms with van der Waals surface area (Å²) in [6.07, 6.45) is 8.98. The first-order valence-corrected chi connectivity index (χ1v) is 9.59. The second-order valence-corrected chi connectivity index (χ2v) is 8.23. The normalized spacial score (nSPS) is 27.4. The molecule has 2 heterocycles. The van der Waals surface area contributed by atoms with E-state index in [9.17, 15) is 5.11 Å². The molecule has 1 aromatic heterocycles. The summed E-state index contributed by atoms with van der Waals surface area (Å²) in [6, 6.07) is 1.83. The van der Waals surface area contributed by atoms with Crippen LogP contribution in [0, 0.1) is 5.41 Å². The fourth-order valence-electron chi connectivity index (χ4n) is 4.40. The molecule has 0 aromatic carbocycles. The van der Waals surface area contributed by atoms with Crippen LogP contribution in [0.1, 0.15) is 52.9 Å². The van der Waals surface area contributed by atoms with Crippen molar-refractivity contribution in [2.75, 3.05) is 25.0 Å². The molecule has 0 radical (unpaired) electrons. The van der Waals surface area contributed by atoms with Crippen molar-refractivity contribution in [3.63, 3.8) is 0 Å². The molecule has 3 rings (SSSR count). The molecule has 25 heavy (non-hydrogen) atoms. The van der Waals surface area contributed by atoms with E-state index in [1.807, 2.05) is 0 Å². The number of aliphatic hydroxyl groups excluding tert-OH is 1. The van der Waals surface area contributed by atoms with Gasteiger partial charge in [0, 0.05) is 32.0 Å². The molecule has 1 aliphatic carbocycles. The lowest BCUT2D eigenvalue weighted by atomic mass is 9.71. The zero-order chi connectivity index (χ0) is 17.9. The van der Waals surface area contributed by atoms with Crippen LogP contribution in [0.3, 0.4) is 0 Å². The van der Waals surface area contributed by atoms with Gasteiger partial charge < -0.3 is 15.3 Å². The summed E-state index contributed by atoms with van der Waals surface area (Å²) in [5.41, 5.74) is 3.58. The number of allylic oxidation sites excluding steroid dienone is 1. The third-order valence-corrected chi connectivity index (χ3v) is 5.91. The Labute approximate surface area is 151 Å². The Bertz CT molecular complexity index is 599. The minimum absolute atomic E-state index is 0.0331. The molecule has 0 unspecified atom stereocenters. The Kier molecular flexibility index (Phi) is 5.74. The number of nitrogens with zero attached hydrogens (tertiary/aromatic N) is 3. The first-order chi connectivity index (χ1) is 12.0. The van der Waals surface area contributed by atoms with Crippen LogP contribution in [0.25, 0.3) is 0 Å². The highest BCUT2D eigenvalue weighted by atomic mass is 16.3. The topological polar surface area (TPSA) is 61.3 Å². The predicted molar refractivity (Wildman–Crippen MR) is 101 cm³/mol. The molecule has 1 saturated heterocycles. The number of piperidine rings is 1. The van der Waals surface area contributed by atoms with Crippen LogP contribution in [0.2, 0.25) is 0 Å². The van der Waals surface area contributed by atoms with Crippen molar-refractivity contribution in [1.82, 2.24) is 14.9 Å². The van der Waals surface area contributed by atoms with E-state index < -0.39 is 0 Å². The van der Waals surface area contributed by atoms with Crippen LogP contribution in [-0.2, 0) is 0 Å². The number of β-amino-alcohol motifs (C(OH)–C–C–N with tert-alkyl or cyclic N) is 1. The van der Waals surface area contributed by atoms with Gasteiger partial charge in [-0.05, 0) is 50.5 Å². The van der Waals surface area contributed by atoms with Gasteiger partial charge in [-0.25, -0.2) is 9.97 Å². The van der Waals surface area contributed by atoms with Gasteiger partial charge in [-0.2, -0.15) is 0 Å². The number of hydrogen-bond acceptors (Lipinski definition) is 5. The van der Waals surface area contributed by atoms with Crippen LogP contribution in [0.5, 0.6) is 0 Å². The Morgan fingerprint density at radius 3 is 2.76 bits per heavy atom. The second-order valence-electron chi connectivity index (χ2n) is 8.23. The van der Waals surface area contributed by atoms with Gasteiger partial charge in [0.2, 0.25) is 5.95 Å². The maximum atomic E-state index is 10.5. The van der Waals surface area contributed by atoms with E-state index in [1.54, 1.807) is 29.6 Å². The van der Waals surface area contributed by atoms with Gasteiger partial charge in [-0.15, -0.1) is 0 Å². The van der Waals surface area contributed by atoms with Crippen molar-refractivity contribution >= 4 is 5.95 Å². The van der Waals surface area contributed by atoms with Gasteiger partial charge >= 0.3 is 0 Å². The molecule has 0 spiro atoms. The molecule has 2 N–H and O–H groups in total. The average Bonchev–Trinajstić information content (AvgIpc) is 2.57. The predicted octanol–water partition coefficient (Wildman–Crippen LogP) is 3.24.